The summed E-state index contributed by atoms with van der Waals surface area (Å²) in [6.45, 7) is 8.78. The predicted molar refractivity (Wildman–Crippen MR) is 83.1 cm³/mol. The van der Waals surface area contributed by atoms with Crippen LogP contribution < -0.4 is 10.9 Å². The molecule has 0 aliphatic rings. The number of aryl methyl sites for hydroxylation is 1. The zero-order valence-corrected chi connectivity index (χ0v) is 12.5. The molecule has 1 unspecified atom stereocenters. The van der Waals surface area contributed by atoms with Gasteiger partial charge in [0, 0.05) is 6.54 Å². The third-order valence-electron chi connectivity index (χ3n) is 3.43. The highest BCUT2D eigenvalue weighted by Crippen LogP contribution is 2.11. The molecule has 0 aliphatic heterocycles. The summed E-state index contributed by atoms with van der Waals surface area (Å²) in [6, 6.07) is 7.83. The van der Waals surface area contributed by atoms with Crippen molar-refractivity contribution in [1.82, 2.24) is 14.9 Å². The van der Waals surface area contributed by atoms with Crippen LogP contribution in [-0.4, -0.2) is 22.6 Å². The Morgan fingerprint density at radius 3 is 2.85 bits per heavy atom. The Balaban J connectivity index is 2.28. The molecular weight excluding hydrogens is 250 g/mol. The molecular formula is C16H23N3O. The van der Waals surface area contributed by atoms with E-state index < -0.39 is 0 Å². The molecule has 0 radical (unpaired) electrons. The zero-order chi connectivity index (χ0) is 14.5. The molecule has 0 saturated heterocycles. The van der Waals surface area contributed by atoms with Crippen LogP contribution in [0.3, 0.4) is 0 Å². The van der Waals surface area contributed by atoms with Gasteiger partial charge in [-0.3, -0.25) is 4.79 Å². The van der Waals surface area contributed by atoms with E-state index in [4.69, 9.17) is 0 Å². The number of fused-ring (bicyclic) bond motifs is 1. The summed E-state index contributed by atoms with van der Waals surface area (Å²) in [5.41, 5.74) is 2.40. The van der Waals surface area contributed by atoms with Gasteiger partial charge < -0.3 is 9.88 Å². The molecule has 0 aliphatic carbocycles. The second kappa shape index (κ2) is 6.66. The van der Waals surface area contributed by atoms with Crippen molar-refractivity contribution < 1.29 is 0 Å². The molecule has 0 fully saturated rings. The van der Waals surface area contributed by atoms with Gasteiger partial charge in [-0.15, -0.1) is 0 Å². The molecule has 2 rings (SSSR count). The minimum Gasteiger partial charge on any atom is -0.316 e. The molecule has 0 amide bonds. The Morgan fingerprint density at radius 2 is 2.10 bits per heavy atom. The van der Waals surface area contributed by atoms with Crippen molar-refractivity contribution in [2.24, 2.45) is 5.92 Å². The standard InChI is InChI=1S/C16H23N3O/c1-4-9-17-10-12(2)11-19-15-8-6-5-7-14(15)18-13(3)16(19)20/h5-8,12,17H,4,9-11H2,1-3H3. The molecule has 1 heterocycles. The number of nitrogens with zero attached hydrogens (tertiary/aromatic N) is 2. The van der Waals surface area contributed by atoms with Crippen LogP contribution in [0.15, 0.2) is 29.1 Å². The summed E-state index contributed by atoms with van der Waals surface area (Å²) >= 11 is 0. The number of nitrogens with one attached hydrogen (secondary N) is 1. The van der Waals surface area contributed by atoms with E-state index in [9.17, 15) is 4.79 Å². The minimum absolute atomic E-state index is 0.0195. The minimum atomic E-state index is 0.0195. The van der Waals surface area contributed by atoms with Crippen molar-refractivity contribution >= 4 is 11.0 Å². The fourth-order valence-electron chi connectivity index (χ4n) is 2.40. The van der Waals surface area contributed by atoms with Gasteiger partial charge >= 0.3 is 0 Å². The van der Waals surface area contributed by atoms with E-state index in [0.717, 1.165) is 37.1 Å². The van der Waals surface area contributed by atoms with Gasteiger partial charge in [-0.2, -0.15) is 0 Å². The van der Waals surface area contributed by atoms with Gasteiger partial charge in [-0.05, 0) is 44.5 Å². The summed E-state index contributed by atoms with van der Waals surface area (Å²) in [4.78, 5) is 16.7. The lowest BCUT2D eigenvalue weighted by Crippen LogP contribution is -2.30. The summed E-state index contributed by atoms with van der Waals surface area (Å²) in [6.07, 6.45) is 1.13. The van der Waals surface area contributed by atoms with Crippen LogP contribution in [-0.2, 0) is 6.54 Å². The average molecular weight is 273 g/mol. The molecule has 4 heteroatoms. The van der Waals surface area contributed by atoms with E-state index in [-0.39, 0.29) is 5.56 Å². The van der Waals surface area contributed by atoms with Crippen LogP contribution in [0, 0.1) is 12.8 Å². The van der Waals surface area contributed by atoms with Gasteiger partial charge in [-0.1, -0.05) is 26.0 Å². The van der Waals surface area contributed by atoms with Crippen LogP contribution in [0.5, 0.6) is 0 Å². The molecule has 0 bridgehead atoms. The van der Waals surface area contributed by atoms with E-state index in [2.05, 4.69) is 24.1 Å². The van der Waals surface area contributed by atoms with Crippen molar-refractivity contribution in [1.29, 1.82) is 0 Å². The third kappa shape index (κ3) is 3.25. The summed E-state index contributed by atoms with van der Waals surface area (Å²) in [5.74, 6) is 0.407. The molecule has 1 aromatic carbocycles. The quantitative estimate of drug-likeness (QED) is 0.822. The van der Waals surface area contributed by atoms with Gasteiger partial charge in [-0.25, -0.2) is 4.98 Å². The Labute approximate surface area is 119 Å². The van der Waals surface area contributed by atoms with Crippen molar-refractivity contribution in [2.75, 3.05) is 13.1 Å². The van der Waals surface area contributed by atoms with Gasteiger partial charge in [0.15, 0.2) is 0 Å². The Morgan fingerprint density at radius 1 is 1.35 bits per heavy atom. The van der Waals surface area contributed by atoms with Gasteiger partial charge in [0.25, 0.3) is 5.56 Å². The molecule has 4 nitrogen and oxygen atoms in total. The van der Waals surface area contributed by atoms with Crippen molar-refractivity contribution in [3.05, 3.63) is 40.3 Å². The maximum absolute atomic E-state index is 12.3. The fourth-order valence-corrected chi connectivity index (χ4v) is 2.40. The number of rotatable bonds is 6. The molecule has 108 valence electrons. The predicted octanol–water partition coefficient (Wildman–Crippen LogP) is 2.34. The van der Waals surface area contributed by atoms with Gasteiger partial charge in [0.2, 0.25) is 0 Å². The molecule has 1 N–H and O–H groups in total. The highest BCUT2D eigenvalue weighted by molar-refractivity contribution is 5.74. The smallest absolute Gasteiger partial charge is 0.272 e. The molecule has 1 atom stereocenters. The average Bonchev–Trinajstić information content (AvgIpc) is 2.44. The third-order valence-corrected chi connectivity index (χ3v) is 3.43. The van der Waals surface area contributed by atoms with E-state index in [1.165, 1.54) is 0 Å². The highest BCUT2D eigenvalue weighted by atomic mass is 16.1. The van der Waals surface area contributed by atoms with Crippen LogP contribution in [0.25, 0.3) is 11.0 Å². The first-order chi connectivity index (χ1) is 9.63. The number of para-hydroxylation sites is 2. The zero-order valence-electron chi connectivity index (χ0n) is 12.5. The first kappa shape index (κ1) is 14.7. The fraction of sp³-hybridized carbons (Fsp3) is 0.500. The highest BCUT2D eigenvalue weighted by Gasteiger charge is 2.10. The molecule has 20 heavy (non-hydrogen) atoms. The topological polar surface area (TPSA) is 46.9 Å². The maximum Gasteiger partial charge on any atom is 0.272 e. The second-order valence-corrected chi connectivity index (χ2v) is 5.41. The number of benzene rings is 1. The van der Waals surface area contributed by atoms with Crippen molar-refractivity contribution in [3.63, 3.8) is 0 Å². The second-order valence-electron chi connectivity index (χ2n) is 5.41. The van der Waals surface area contributed by atoms with E-state index in [1.54, 1.807) is 6.92 Å². The Kier molecular flexibility index (Phi) is 4.90. The molecule has 0 saturated carbocycles. The molecule has 2 aromatic rings. The molecule has 1 aromatic heterocycles. The Bertz CT molecular complexity index is 633. The first-order valence-corrected chi connectivity index (χ1v) is 7.30. The summed E-state index contributed by atoms with van der Waals surface area (Å²) in [7, 11) is 0. The van der Waals surface area contributed by atoms with Gasteiger partial charge in [0.1, 0.15) is 5.69 Å². The van der Waals surface area contributed by atoms with E-state index >= 15 is 0 Å². The summed E-state index contributed by atoms with van der Waals surface area (Å²) < 4.78 is 1.86. The van der Waals surface area contributed by atoms with Crippen molar-refractivity contribution in [2.45, 2.75) is 33.7 Å². The van der Waals surface area contributed by atoms with Crippen LogP contribution in [0.4, 0.5) is 0 Å². The number of hydrogen-bond acceptors (Lipinski definition) is 3. The first-order valence-electron chi connectivity index (χ1n) is 7.30. The van der Waals surface area contributed by atoms with E-state index in [0.29, 0.717) is 11.6 Å². The molecule has 0 spiro atoms. The number of hydrogen-bond donors (Lipinski definition) is 1. The SMILES string of the molecule is CCCNCC(C)Cn1c(=O)c(C)nc2ccccc21. The van der Waals surface area contributed by atoms with Crippen molar-refractivity contribution in [3.8, 4) is 0 Å². The summed E-state index contributed by atoms with van der Waals surface area (Å²) in [5, 5.41) is 3.41. The van der Waals surface area contributed by atoms with Crippen LogP contribution in [0.1, 0.15) is 26.0 Å². The van der Waals surface area contributed by atoms with E-state index in [1.807, 2.05) is 28.8 Å². The maximum atomic E-state index is 12.3. The lowest BCUT2D eigenvalue weighted by atomic mass is 10.1. The van der Waals surface area contributed by atoms with Crippen LogP contribution >= 0.6 is 0 Å². The lowest BCUT2D eigenvalue weighted by molar-refractivity contribution is 0.445. The monoisotopic (exact) mass is 273 g/mol. The van der Waals surface area contributed by atoms with Crippen LogP contribution in [0.2, 0.25) is 0 Å². The largest absolute Gasteiger partial charge is 0.316 e. The lowest BCUT2D eigenvalue weighted by Gasteiger charge is -2.16. The Hall–Kier alpha value is -1.68. The number of aromatic nitrogens is 2. The van der Waals surface area contributed by atoms with Gasteiger partial charge in [0.05, 0.1) is 11.0 Å². The normalized spacial score (nSPS) is 12.8.